The lowest BCUT2D eigenvalue weighted by Crippen LogP contribution is -2.45. The average molecular weight is 502 g/mol. The van der Waals surface area contributed by atoms with Crippen LogP contribution in [0.2, 0.25) is 0 Å². The van der Waals surface area contributed by atoms with Crippen molar-refractivity contribution in [1.29, 1.82) is 0 Å². The summed E-state index contributed by atoms with van der Waals surface area (Å²) in [6, 6.07) is 7.86. The SMILES string of the molecule is C[C@H](CO)N1Cc2ccc(NC(=O)/C=C3\CC4(CCC4)Oc4cc(C(F)(F)F)ccc43)cc2NC1=O. The van der Waals surface area contributed by atoms with E-state index in [2.05, 4.69) is 10.6 Å². The molecule has 5 rings (SSSR count). The van der Waals surface area contributed by atoms with Gasteiger partial charge in [0.05, 0.1) is 18.2 Å². The van der Waals surface area contributed by atoms with Crippen LogP contribution in [0.5, 0.6) is 5.75 Å². The number of rotatable bonds is 4. The number of aliphatic hydroxyl groups excluding tert-OH is 1. The van der Waals surface area contributed by atoms with Crippen LogP contribution in [0.15, 0.2) is 42.5 Å². The number of carbonyl (C=O) groups is 2. The van der Waals surface area contributed by atoms with Crippen molar-refractivity contribution < 1.29 is 32.6 Å². The summed E-state index contributed by atoms with van der Waals surface area (Å²) in [6.07, 6.45) is -0.270. The van der Waals surface area contributed by atoms with E-state index >= 15 is 0 Å². The zero-order valence-corrected chi connectivity index (χ0v) is 19.6. The molecule has 1 spiro atoms. The molecular formula is C26H26F3N3O4. The smallest absolute Gasteiger partial charge is 0.416 e. The number of ether oxygens (including phenoxy) is 1. The van der Waals surface area contributed by atoms with Crippen LogP contribution in [0, 0.1) is 0 Å². The van der Waals surface area contributed by atoms with E-state index in [9.17, 15) is 27.9 Å². The van der Waals surface area contributed by atoms with Crippen molar-refractivity contribution >= 4 is 28.9 Å². The number of urea groups is 1. The molecule has 0 bridgehead atoms. The van der Waals surface area contributed by atoms with Gasteiger partial charge in [0, 0.05) is 36.0 Å². The third kappa shape index (κ3) is 4.53. The summed E-state index contributed by atoms with van der Waals surface area (Å²) in [4.78, 5) is 26.8. The van der Waals surface area contributed by atoms with Crippen molar-refractivity contribution in [3.63, 3.8) is 0 Å². The molecule has 2 heterocycles. The van der Waals surface area contributed by atoms with E-state index in [4.69, 9.17) is 4.74 Å². The second-order valence-electron chi connectivity index (χ2n) is 9.64. The Morgan fingerprint density at radius 1 is 1.28 bits per heavy atom. The summed E-state index contributed by atoms with van der Waals surface area (Å²) >= 11 is 0. The summed E-state index contributed by atoms with van der Waals surface area (Å²) in [5, 5.41) is 14.9. The van der Waals surface area contributed by atoms with Crippen LogP contribution in [-0.2, 0) is 17.5 Å². The minimum atomic E-state index is -4.49. The Bertz CT molecular complexity index is 1250. The summed E-state index contributed by atoms with van der Waals surface area (Å²) in [5.41, 5.74) is 1.63. The van der Waals surface area contributed by atoms with E-state index in [0.717, 1.165) is 37.0 Å². The predicted molar refractivity (Wildman–Crippen MR) is 127 cm³/mol. The number of carbonyl (C=O) groups excluding carboxylic acids is 2. The standard InChI is InChI=1S/C26H26F3N3O4/c1-15(14-33)32-13-16-3-5-19(11-21(16)31-24(32)35)30-23(34)9-17-12-25(7-2-8-25)36-22-10-18(26(27,28)29)4-6-20(17)22/h3-6,9-11,15,33H,2,7-8,12-14H2,1H3,(H,30,34)(H,31,35)/b17-9+/t15-/m1/s1. The molecule has 3 N–H and O–H groups in total. The van der Waals surface area contributed by atoms with Crippen LogP contribution in [0.1, 0.15) is 49.3 Å². The predicted octanol–water partition coefficient (Wildman–Crippen LogP) is 5.16. The van der Waals surface area contributed by atoms with E-state index in [1.165, 1.54) is 17.0 Å². The van der Waals surface area contributed by atoms with Crippen LogP contribution in [-0.4, -0.2) is 40.2 Å². The van der Waals surface area contributed by atoms with Crippen molar-refractivity contribution in [1.82, 2.24) is 4.90 Å². The second kappa shape index (κ2) is 8.85. The Morgan fingerprint density at radius 3 is 2.72 bits per heavy atom. The highest BCUT2D eigenvalue weighted by molar-refractivity contribution is 6.05. The highest BCUT2D eigenvalue weighted by atomic mass is 19.4. The second-order valence-corrected chi connectivity index (χ2v) is 9.64. The molecule has 190 valence electrons. The quantitative estimate of drug-likeness (QED) is 0.505. The summed E-state index contributed by atoms with van der Waals surface area (Å²) in [6.45, 7) is 1.93. The summed E-state index contributed by atoms with van der Waals surface area (Å²) < 4.78 is 45.7. The molecule has 0 aromatic heterocycles. The van der Waals surface area contributed by atoms with Gasteiger partial charge in [-0.2, -0.15) is 13.2 Å². The van der Waals surface area contributed by atoms with E-state index < -0.39 is 23.2 Å². The molecular weight excluding hydrogens is 475 g/mol. The number of benzene rings is 2. The molecule has 1 fully saturated rings. The fourth-order valence-electron chi connectivity index (χ4n) is 4.88. The number of nitrogens with one attached hydrogen (secondary N) is 2. The van der Waals surface area contributed by atoms with Gasteiger partial charge in [-0.25, -0.2) is 4.79 Å². The van der Waals surface area contributed by atoms with Gasteiger partial charge < -0.3 is 25.4 Å². The average Bonchev–Trinajstić information content (AvgIpc) is 2.81. The van der Waals surface area contributed by atoms with Crippen molar-refractivity contribution in [3.8, 4) is 5.75 Å². The Labute approximate surface area is 205 Å². The van der Waals surface area contributed by atoms with Gasteiger partial charge in [0.1, 0.15) is 11.4 Å². The third-order valence-corrected chi connectivity index (χ3v) is 7.08. The fourth-order valence-corrected chi connectivity index (χ4v) is 4.88. The lowest BCUT2D eigenvalue weighted by molar-refractivity contribution is -0.138. The first-order valence-corrected chi connectivity index (χ1v) is 11.8. The van der Waals surface area contributed by atoms with Crippen molar-refractivity contribution in [2.24, 2.45) is 0 Å². The summed E-state index contributed by atoms with van der Waals surface area (Å²) in [7, 11) is 0. The highest BCUT2D eigenvalue weighted by Crippen LogP contribution is 2.50. The van der Waals surface area contributed by atoms with E-state index in [1.807, 2.05) is 0 Å². The molecule has 10 heteroatoms. The minimum Gasteiger partial charge on any atom is -0.486 e. The lowest BCUT2D eigenvalue weighted by atomic mass is 9.72. The zero-order valence-electron chi connectivity index (χ0n) is 19.6. The molecule has 2 aromatic rings. The largest absolute Gasteiger partial charge is 0.486 e. The molecule has 2 aromatic carbocycles. The van der Waals surface area contributed by atoms with Gasteiger partial charge in [0.2, 0.25) is 5.91 Å². The first-order chi connectivity index (χ1) is 17.1. The minimum absolute atomic E-state index is 0.146. The van der Waals surface area contributed by atoms with Crippen LogP contribution in [0.3, 0.4) is 0 Å². The van der Waals surface area contributed by atoms with Crippen molar-refractivity contribution in [2.45, 2.75) is 57.0 Å². The van der Waals surface area contributed by atoms with Crippen LogP contribution >= 0.6 is 0 Å². The van der Waals surface area contributed by atoms with Gasteiger partial charge in [-0.15, -0.1) is 0 Å². The molecule has 1 aliphatic carbocycles. The van der Waals surface area contributed by atoms with Crippen molar-refractivity contribution in [3.05, 3.63) is 59.2 Å². The molecule has 0 radical (unpaired) electrons. The maximum atomic E-state index is 13.2. The maximum Gasteiger partial charge on any atom is 0.416 e. The van der Waals surface area contributed by atoms with Gasteiger partial charge in [0.15, 0.2) is 0 Å². The van der Waals surface area contributed by atoms with Gasteiger partial charge >= 0.3 is 12.2 Å². The lowest BCUT2D eigenvalue weighted by Gasteiger charge is -2.46. The van der Waals surface area contributed by atoms with Gasteiger partial charge in [-0.1, -0.05) is 12.1 Å². The Kier molecular flexibility index (Phi) is 5.94. The number of aliphatic hydroxyl groups is 1. The monoisotopic (exact) mass is 501 g/mol. The fraction of sp³-hybridized carbons (Fsp3) is 0.385. The zero-order chi connectivity index (χ0) is 25.7. The van der Waals surface area contributed by atoms with Crippen LogP contribution < -0.4 is 15.4 Å². The number of hydrogen-bond acceptors (Lipinski definition) is 4. The molecule has 0 saturated heterocycles. The van der Waals surface area contributed by atoms with Crippen molar-refractivity contribution in [2.75, 3.05) is 17.2 Å². The third-order valence-electron chi connectivity index (χ3n) is 7.08. The Hall–Kier alpha value is -3.53. The molecule has 36 heavy (non-hydrogen) atoms. The number of alkyl halides is 3. The van der Waals surface area contributed by atoms with Gasteiger partial charge in [0.25, 0.3) is 0 Å². The Balaban J connectivity index is 1.37. The molecule has 3 amide bonds. The number of halogens is 3. The van der Waals surface area contributed by atoms with Crippen LogP contribution in [0.25, 0.3) is 5.57 Å². The number of hydrogen-bond donors (Lipinski definition) is 3. The van der Waals surface area contributed by atoms with Gasteiger partial charge in [-0.3, -0.25) is 4.79 Å². The van der Waals surface area contributed by atoms with Crippen LogP contribution in [0.4, 0.5) is 29.3 Å². The number of amides is 3. The van der Waals surface area contributed by atoms with E-state index in [1.54, 1.807) is 25.1 Å². The molecule has 1 atom stereocenters. The first-order valence-electron chi connectivity index (χ1n) is 11.8. The Morgan fingerprint density at radius 2 is 2.06 bits per heavy atom. The summed E-state index contributed by atoms with van der Waals surface area (Å²) in [5.74, 6) is -0.280. The molecule has 7 nitrogen and oxygen atoms in total. The number of anilines is 2. The van der Waals surface area contributed by atoms with E-state index in [0.29, 0.717) is 35.5 Å². The number of fused-ring (bicyclic) bond motifs is 2. The maximum absolute atomic E-state index is 13.2. The van der Waals surface area contributed by atoms with E-state index in [-0.39, 0.29) is 24.4 Å². The molecule has 1 saturated carbocycles. The molecule has 2 aliphatic heterocycles. The molecule has 0 unspecified atom stereocenters. The van der Waals surface area contributed by atoms with Gasteiger partial charge in [-0.05, 0) is 61.6 Å². The first kappa shape index (κ1) is 24.2. The topological polar surface area (TPSA) is 90.9 Å². The molecule has 3 aliphatic rings. The normalized spacial score (nSPS) is 20.1. The number of nitrogens with zero attached hydrogens (tertiary/aromatic N) is 1. The highest BCUT2D eigenvalue weighted by Gasteiger charge is 2.44.